The van der Waals surface area contributed by atoms with Crippen LogP contribution in [-0.2, 0) is 11.2 Å². The normalized spacial score (nSPS) is 13.5. The Hall–Kier alpha value is -1.59. The predicted molar refractivity (Wildman–Crippen MR) is 90.1 cm³/mol. The zero-order chi connectivity index (χ0) is 15.4. The maximum Gasteiger partial charge on any atom is 0.237 e. The van der Waals surface area contributed by atoms with Crippen molar-refractivity contribution in [2.45, 2.75) is 39.7 Å². The first-order valence-corrected chi connectivity index (χ1v) is 7.41. The van der Waals surface area contributed by atoms with Crippen LogP contribution < -0.4 is 11.1 Å². The SMILES string of the molecule is CCC(C)C(N)C(=O)NCCc1nc2c(C)cccc2o1.Cl. The lowest BCUT2D eigenvalue weighted by Crippen LogP contribution is -2.45. The standard InChI is InChI=1S/C16H23N3O2.ClH/c1-4-10(2)14(17)16(20)18-9-8-13-19-15-11(3)6-5-7-12(15)21-13;/h5-7,10,14H,4,8-9,17H2,1-3H3,(H,18,20);1H. The molecule has 0 saturated carbocycles. The first-order valence-electron chi connectivity index (χ1n) is 7.41. The summed E-state index contributed by atoms with van der Waals surface area (Å²) >= 11 is 0. The van der Waals surface area contributed by atoms with Crippen LogP contribution in [0.3, 0.4) is 0 Å². The second kappa shape index (κ2) is 8.15. The highest BCUT2D eigenvalue weighted by Crippen LogP contribution is 2.18. The number of carbonyl (C=O) groups is 1. The molecule has 6 heteroatoms. The van der Waals surface area contributed by atoms with E-state index in [0.29, 0.717) is 18.9 Å². The summed E-state index contributed by atoms with van der Waals surface area (Å²) in [6, 6.07) is 5.39. The molecule has 5 nitrogen and oxygen atoms in total. The van der Waals surface area contributed by atoms with E-state index in [0.717, 1.165) is 23.1 Å². The number of nitrogens with two attached hydrogens (primary N) is 1. The van der Waals surface area contributed by atoms with Gasteiger partial charge in [0.2, 0.25) is 5.91 Å². The molecule has 22 heavy (non-hydrogen) atoms. The largest absolute Gasteiger partial charge is 0.441 e. The number of oxazole rings is 1. The van der Waals surface area contributed by atoms with Gasteiger partial charge < -0.3 is 15.5 Å². The van der Waals surface area contributed by atoms with Gasteiger partial charge in [-0.2, -0.15) is 0 Å². The highest BCUT2D eigenvalue weighted by molar-refractivity contribution is 5.85. The zero-order valence-electron chi connectivity index (χ0n) is 13.3. The third-order valence-electron chi connectivity index (χ3n) is 3.86. The Balaban J connectivity index is 0.00000242. The van der Waals surface area contributed by atoms with Crippen molar-refractivity contribution in [2.24, 2.45) is 11.7 Å². The van der Waals surface area contributed by atoms with Crippen LogP contribution >= 0.6 is 12.4 Å². The number of nitrogens with zero attached hydrogens (tertiary/aromatic N) is 1. The molecule has 0 aliphatic heterocycles. The van der Waals surface area contributed by atoms with Gasteiger partial charge in [0.05, 0.1) is 6.04 Å². The van der Waals surface area contributed by atoms with Crippen LogP contribution in [-0.4, -0.2) is 23.5 Å². The predicted octanol–water partition coefficient (Wildman–Crippen LogP) is 2.59. The van der Waals surface area contributed by atoms with Crippen molar-refractivity contribution in [2.75, 3.05) is 6.54 Å². The average molecular weight is 326 g/mol. The molecule has 1 amide bonds. The van der Waals surface area contributed by atoms with Gasteiger partial charge in [0.1, 0.15) is 5.52 Å². The van der Waals surface area contributed by atoms with Crippen LogP contribution in [0.15, 0.2) is 22.6 Å². The van der Waals surface area contributed by atoms with Crippen molar-refractivity contribution in [3.8, 4) is 0 Å². The lowest BCUT2D eigenvalue weighted by molar-refractivity contribution is -0.123. The molecule has 3 N–H and O–H groups in total. The van der Waals surface area contributed by atoms with Gasteiger partial charge in [-0.1, -0.05) is 32.4 Å². The number of hydrogen-bond donors (Lipinski definition) is 2. The van der Waals surface area contributed by atoms with Crippen molar-refractivity contribution in [1.29, 1.82) is 0 Å². The number of aromatic nitrogens is 1. The third kappa shape index (κ3) is 4.21. The molecule has 2 rings (SSSR count). The van der Waals surface area contributed by atoms with Gasteiger partial charge in [-0.15, -0.1) is 12.4 Å². The number of nitrogens with one attached hydrogen (secondary N) is 1. The molecule has 1 aromatic heterocycles. The van der Waals surface area contributed by atoms with E-state index in [1.54, 1.807) is 0 Å². The van der Waals surface area contributed by atoms with Crippen LogP contribution in [0.1, 0.15) is 31.7 Å². The van der Waals surface area contributed by atoms with Crippen molar-refractivity contribution in [1.82, 2.24) is 10.3 Å². The van der Waals surface area contributed by atoms with Gasteiger partial charge in [0.15, 0.2) is 11.5 Å². The van der Waals surface area contributed by atoms with Crippen LogP contribution in [0.25, 0.3) is 11.1 Å². The lowest BCUT2D eigenvalue weighted by atomic mass is 9.99. The molecule has 0 bridgehead atoms. The highest BCUT2D eigenvalue weighted by Gasteiger charge is 2.19. The number of aryl methyl sites for hydroxylation is 1. The molecule has 2 unspecified atom stereocenters. The molecular formula is C16H24ClN3O2. The Labute approximate surface area is 137 Å². The van der Waals surface area contributed by atoms with Crippen molar-refractivity contribution >= 4 is 29.4 Å². The number of hydrogen-bond acceptors (Lipinski definition) is 4. The topological polar surface area (TPSA) is 81.2 Å². The summed E-state index contributed by atoms with van der Waals surface area (Å²) < 4.78 is 5.67. The molecule has 2 aromatic rings. The van der Waals surface area contributed by atoms with Crippen LogP contribution in [0, 0.1) is 12.8 Å². The number of amides is 1. The number of fused-ring (bicyclic) bond motifs is 1. The number of carbonyl (C=O) groups excluding carboxylic acids is 1. The van der Waals surface area contributed by atoms with Gasteiger partial charge in [-0.05, 0) is 24.5 Å². The van der Waals surface area contributed by atoms with E-state index in [1.807, 2.05) is 39.0 Å². The van der Waals surface area contributed by atoms with E-state index in [4.69, 9.17) is 10.2 Å². The van der Waals surface area contributed by atoms with Crippen LogP contribution in [0.5, 0.6) is 0 Å². The molecule has 0 saturated heterocycles. The number of halogens is 1. The third-order valence-corrected chi connectivity index (χ3v) is 3.86. The first kappa shape index (κ1) is 18.5. The molecule has 2 atom stereocenters. The van der Waals surface area contributed by atoms with E-state index in [-0.39, 0.29) is 24.2 Å². The first-order chi connectivity index (χ1) is 10.0. The molecule has 0 spiro atoms. The lowest BCUT2D eigenvalue weighted by Gasteiger charge is -2.17. The number of benzene rings is 1. The molecule has 0 radical (unpaired) electrons. The minimum atomic E-state index is -0.458. The molecule has 0 fully saturated rings. The molecular weight excluding hydrogens is 302 g/mol. The van der Waals surface area contributed by atoms with Crippen molar-refractivity contribution < 1.29 is 9.21 Å². The molecule has 0 aliphatic rings. The maximum absolute atomic E-state index is 11.9. The summed E-state index contributed by atoms with van der Waals surface area (Å²) in [5, 5.41) is 2.84. The van der Waals surface area contributed by atoms with Crippen molar-refractivity contribution in [3.63, 3.8) is 0 Å². The summed E-state index contributed by atoms with van der Waals surface area (Å²) in [6.45, 7) is 6.49. The van der Waals surface area contributed by atoms with Gasteiger partial charge >= 0.3 is 0 Å². The summed E-state index contributed by atoms with van der Waals surface area (Å²) in [7, 11) is 0. The van der Waals surface area contributed by atoms with Gasteiger partial charge in [-0.25, -0.2) is 4.98 Å². The van der Waals surface area contributed by atoms with Crippen molar-refractivity contribution in [3.05, 3.63) is 29.7 Å². The van der Waals surface area contributed by atoms with E-state index in [9.17, 15) is 4.79 Å². The fraction of sp³-hybridized carbons (Fsp3) is 0.500. The fourth-order valence-electron chi connectivity index (χ4n) is 2.16. The minimum absolute atomic E-state index is 0. The Bertz CT molecular complexity index is 627. The summed E-state index contributed by atoms with van der Waals surface area (Å²) in [4.78, 5) is 16.3. The number of rotatable bonds is 6. The molecule has 1 aromatic carbocycles. The van der Waals surface area contributed by atoms with Gasteiger partial charge in [0, 0.05) is 13.0 Å². The van der Waals surface area contributed by atoms with Crippen LogP contribution in [0.2, 0.25) is 0 Å². The van der Waals surface area contributed by atoms with Gasteiger partial charge in [-0.3, -0.25) is 4.79 Å². The monoisotopic (exact) mass is 325 g/mol. The Kier molecular flexibility index (Phi) is 6.84. The highest BCUT2D eigenvalue weighted by atomic mass is 35.5. The van der Waals surface area contributed by atoms with Gasteiger partial charge in [0.25, 0.3) is 0 Å². The Morgan fingerprint density at radius 2 is 2.18 bits per heavy atom. The summed E-state index contributed by atoms with van der Waals surface area (Å²) in [6.07, 6.45) is 1.45. The Morgan fingerprint density at radius 3 is 2.82 bits per heavy atom. The van der Waals surface area contributed by atoms with E-state index in [1.165, 1.54) is 0 Å². The molecule has 122 valence electrons. The molecule has 0 aliphatic carbocycles. The summed E-state index contributed by atoms with van der Waals surface area (Å²) in [5.74, 6) is 0.699. The van der Waals surface area contributed by atoms with E-state index in [2.05, 4.69) is 10.3 Å². The van der Waals surface area contributed by atoms with E-state index >= 15 is 0 Å². The smallest absolute Gasteiger partial charge is 0.237 e. The quantitative estimate of drug-likeness (QED) is 0.855. The van der Waals surface area contributed by atoms with Crippen LogP contribution in [0.4, 0.5) is 0 Å². The Morgan fingerprint density at radius 1 is 1.45 bits per heavy atom. The maximum atomic E-state index is 11.9. The second-order valence-electron chi connectivity index (χ2n) is 5.48. The average Bonchev–Trinajstić information content (AvgIpc) is 2.90. The molecule has 1 heterocycles. The second-order valence-corrected chi connectivity index (χ2v) is 5.48. The van der Waals surface area contributed by atoms with E-state index < -0.39 is 6.04 Å². The fourth-order valence-corrected chi connectivity index (χ4v) is 2.16. The number of para-hydroxylation sites is 1. The summed E-state index contributed by atoms with van der Waals surface area (Å²) in [5.41, 5.74) is 8.64. The minimum Gasteiger partial charge on any atom is -0.441 e. The zero-order valence-corrected chi connectivity index (χ0v) is 14.1.